The van der Waals surface area contributed by atoms with Crippen LogP contribution in [-0.4, -0.2) is 38.0 Å². The van der Waals surface area contributed by atoms with Gasteiger partial charge in [0.25, 0.3) is 0 Å². The maximum absolute atomic E-state index is 12.2. The summed E-state index contributed by atoms with van der Waals surface area (Å²) in [5, 5.41) is 3.64. The lowest BCUT2D eigenvalue weighted by Crippen LogP contribution is -2.42. The van der Waals surface area contributed by atoms with E-state index in [4.69, 9.17) is 11.6 Å². The van der Waals surface area contributed by atoms with Crippen molar-refractivity contribution in [1.82, 2.24) is 10.2 Å². The van der Waals surface area contributed by atoms with E-state index in [1.54, 1.807) is 0 Å². The summed E-state index contributed by atoms with van der Waals surface area (Å²) in [6.07, 6.45) is 0. The summed E-state index contributed by atoms with van der Waals surface area (Å²) in [6.45, 7) is 5.33. The number of nitrogens with one attached hydrogen (secondary N) is 1. The number of rotatable bonds is 5. The number of hydrogen-bond acceptors (Lipinski definition) is 2. The third-order valence-corrected chi connectivity index (χ3v) is 3.23. The topological polar surface area (TPSA) is 32.3 Å². The zero-order valence-electron chi connectivity index (χ0n) is 11.5. The van der Waals surface area contributed by atoms with Crippen LogP contribution in [0.3, 0.4) is 0 Å². The molecule has 0 fully saturated rings. The summed E-state index contributed by atoms with van der Waals surface area (Å²) >= 11 is 5.85. The fourth-order valence-corrected chi connectivity index (χ4v) is 1.74. The van der Waals surface area contributed by atoms with Crippen LogP contribution < -0.4 is 5.32 Å². The highest BCUT2D eigenvalue weighted by atomic mass is 35.5. The number of nitrogens with zero attached hydrogens (tertiary/aromatic N) is 1. The minimum atomic E-state index is -0.545. The number of halogens is 1. The van der Waals surface area contributed by atoms with E-state index in [9.17, 15) is 4.79 Å². The normalized spacial score (nSPS) is 11.7. The van der Waals surface area contributed by atoms with Gasteiger partial charge < -0.3 is 10.2 Å². The Labute approximate surface area is 114 Å². The minimum absolute atomic E-state index is 0.0340. The van der Waals surface area contributed by atoms with Crippen molar-refractivity contribution in [3.05, 3.63) is 34.9 Å². The van der Waals surface area contributed by atoms with E-state index < -0.39 is 5.41 Å². The molecule has 0 aliphatic heterocycles. The van der Waals surface area contributed by atoms with Gasteiger partial charge in [0.15, 0.2) is 0 Å². The van der Waals surface area contributed by atoms with Crippen molar-refractivity contribution in [3.8, 4) is 0 Å². The van der Waals surface area contributed by atoms with E-state index in [2.05, 4.69) is 5.32 Å². The molecule has 100 valence electrons. The lowest BCUT2D eigenvalue weighted by Gasteiger charge is -2.24. The lowest BCUT2D eigenvalue weighted by atomic mass is 9.84. The molecule has 0 bridgehead atoms. The van der Waals surface area contributed by atoms with Crippen LogP contribution in [0.25, 0.3) is 0 Å². The summed E-state index contributed by atoms with van der Waals surface area (Å²) in [5.41, 5.74) is 0.422. The molecule has 1 aromatic rings. The quantitative estimate of drug-likeness (QED) is 0.889. The van der Waals surface area contributed by atoms with E-state index in [0.717, 1.165) is 12.1 Å². The van der Waals surface area contributed by atoms with Gasteiger partial charge in [-0.2, -0.15) is 0 Å². The largest absolute Gasteiger partial charge is 0.354 e. The Kier molecular flexibility index (Phi) is 5.17. The summed E-state index contributed by atoms with van der Waals surface area (Å²) in [7, 11) is 3.97. The molecule has 0 saturated carbocycles. The Bertz CT molecular complexity index is 399. The molecule has 1 aromatic carbocycles. The van der Waals surface area contributed by atoms with Crippen LogP contribution in [-0.2, 0) is 10.2 Å². The molecule has 0 unspecified atom stereocenters. The van der Waals surface area contributed by atoms with Crippen LogP contribution in [0.4, 0.5) is 0 Å². The number of benzene rings is 1. The molecule has 0 aliphatic rings. The molecular weight excluding hydrogens is 248 g/mol. The maximum atomic E-state index is 12.2. The highest BCUT2D eigenvalue weighted by Gasteiger charge is 2.29. The Hall–Kier alpha value is -1.06. The number of likely N-dealkylation sites (N-methyl/N-ethyl adjacent to an activating group) is 1. The zero-order valence-corrected chi connectivity index (χ0v) is 12.2. The second-order valence-electron chi connectivity index (χ2n) is 5.19. The molecule has 0 spiro atoms. The van der Waals surface area contributed by atoms with Crippen LogP contribution in [0.5, 0.6) is 0 Å². The SMILES string of the molecule is CN(C)CCNC(=O)C(C)(C)c1ccc(Cl)cc1. The summed E-state index contributed by atoms with van der Waals surface area (Å²) in [6, 6.07) is 7.42. The number of carbonyl (C=O) groups excluding carboxylic acids is 1. The summed E-state index contributed by atoms with van der Waals surface area (Å²) in [5.74, 6) is 0.0340. The smallest absolute Gasteiger partial charge is 0.230 e. The summed E-state index contributed by atoms with van der Waals surface area (Å²) < 4.78 is 0. The number of carbonyl (C=O) groups is 1. The van der Waals surface area contributed by atoms with Crippen molar-refractivity contribution < 1.29 is 4.79 Å². The molecule has 0 saturated heterocycles. The standard InChI is InChI=1S/C14H21ClN2O/c1-14(2,11-5-7-12(15)8-6-11)13(18)16-9-10-17(3)4/h5-8H,9-10H2,1-4H3,(H,16,18). The Balaban J connectivity index is 2.67. The molecule has 0 heterocycles. The van der Waals surface area contributed by atoms with Crippen molar-refractivity contribution in [1.29, 1.82) is 0 Å². The van der Waals surface area contributed by atoms with Crippen LogP contribution in [0.1, 0.15) is 19.4 Å². The third kappa shape index (κ3) is 4.00. The van der Waals surface area contributed by atoms with E-state index >= 15 is 0 Å². The average molecular weight is 269 g/mol. The molecule has 0 aromatic heterocycles. The molecule has 18 heavy (non-hydrogen) atoms. The van der Waals surface area contributed by atoms with Gasteiger partial charge in [-0.15, -0.1) is 0 Å². The number of amides is 1. The first-order chi connectivity index (χ1) is 8.34. The van der Waals surface area contributed by atoms with Crippen molar-refractivity contribution >= 4 is 17.5 Å². The van der Waals surface area contributed by atoms with E-state index in [1.807, 2.05) is 57.1 Å². The molecule has 0 aliphatic carbocycles. The van der Waals surface area contributed by atoms with Gasteiger partial charge in [0.05, 0.1) is 5.41 Å². The highest BCUT2D eigenvalue weighted by molar-refractivity contribution is 6.30. The van der Waals surface area contributed by atoms with Crippen molar-refractivity contribution in [2.24, 2.45) is 0 Å². The van der Waals surface area contributed by atoms with Crippen LogP contribution in [0.2, 0.25) is 5.02 Å². The van der Waals surface area contributed by atoms with Crippen molar-refractivity contribution in [2.45, 2.75) is 19.3 Å². The van der Waals surface area contributed by atoms with Gasteiger partial charge in [-0.3, -0.25) is 4.79 Å². The van der Waals surface area contributed by atoms with Gasteiger partial charge in [-0.25, -0.2) is 0 Å². The zero-order chi connectivity index (χ0) is 13.8. The van der Waals surface area contributed by atoms with Crippen LogP contribution in [0, 0.1) is 0 Å². The first kappa shape index (κ1) is 15.0. The molecule has 1 rings (SSSR count). The van der Waals surface area contributed by atoms with E-state index in [-0.39, 0.29) is 5.91 Å². The van der Waals surface area contributed by atoms with Gasteiger partial charge in [0, 0.05) is 18.1 Å². The monoisotopic (exact) mass is 268 g/mol. The Morgan fingerprint density at radius 2 is 1.83 bits per heavy atom. The Morgan fingerprint density at radius 3 is 2.33 bits per heavy atom. The minimum Gasteiger partial charge on any atom is -0.354 e. The second-order valence-corrected chi connectivity index (χ2v) is 5.63. The molecule has 0 atom stereocenters. The molecule has 4 heteroatoms. The van der Waals surface area contributed by atoms with Gasteiger partial charge in [-0.1, -0.05) is 23.7 Å². The lowest BCUT2D eigenvalue weighted by molar-refractivity contribution is -0.125. The van der Waals surface area contributed by atoms with Gasteiger partial charge in [0.2, 0.25) is 5.91 Å². The molecule has 0 radical (unpaired) electrons. The van der Waals surface area contributed by atoms with Gasteiger partial charge >= 0.3 is 0 Å². The molecule has 3 nitrogen and oxygen atoms in total. The predicted molar refractivity (Wildman–Crippen MR) is 76.0 cm³/mol. The van der Waals surface area contributed by atoms with Crippen molar-refractivity contribution in [3.63, 3.8) is 0 Å². The fourth-order valence-electron chi connectivity index (χ4n) is 1.61. The maximum Gasteiger partial charge on any atom is 0.230 e. The van der Waals surface area contributed by atoms with Crippen molar-refractivity contribution in [2.75, 3.05) is 27.2 Å². The first-order valence-corrected chi connectivity index (χ1v) is 6.41. The Morgan fingerprint density at radius 1 is 1.28 bits per heavy atom. The van der Waals surface area contributed by atoms with Crippen LogP contribution in [0.15, 0.2) is 24.3 Å². The van der Waals surface area contributed by atoms with E-state index in [1.165, 1.54) is 0 Å². The average Bonchev–Trinajstić information content (AvgIpc) is 2.28. The first-order valence-electron chi connectivity index (χ1n) is 6.03. The number of hydrogen-bond donors (Lipinski definition) is 1. The fraction of sp³-hybridized carbons (Fsp3) is 0.500. The van der Waals surface area contributed by atoms with Crippen LogP contribution >= 0.6 is 11.6 Å². The summed E-state index contributed by atoms with van der Waals surface area (Å²) in [4.78, 5) is 14.2. The van der Waals surface area contributed by atoms with Gasteiger partial charge in [0.1, 0.15) is 0 Å². The predicted octanol–water partition coefficient (Wildman–Crippen LogP) is 2.30. The van der Waals surface area contributed by atoms with E-state index in [0.29, 0.717) is 11.6 Å². The third-order valence-electron chi connectivity index (χ3n) is 2.98. The molecule has 1 amide bonds. The molecular formula is C14H21ClN2O. The molecule has 1 N–H and O–H groups in total. The van der Waals surface area contributed by atoms with Gasteiger partial charge in [-0.05, 0) is 45.6 Å². The highest BCUT2D eigenvalue weighted by Crippen LogP contribution is 2.24. The second kappa shape index (κ2) is 6.21.